The van der Waals surface area contributed by atoms with E-state index in [4.69, 9.17) is 5.11 Å². The number of aromatic amines is 1. The Balaban J connectivity index is 3.17. The number of carbonyl (C=O) groups is 1. The second-order valence-corrected chi connectivity index (χ2v) is 3.59. The Labute approximate surface area is 81.3 Å². The lowest BCUT2D eigenvalue weighted by atomic mass is 10.1. The van der Waals surface area contributed by atoms with Gasteiger partial charge in [-0.3, -0.25) is 14.7 Å². The van der Waals surface area contributed by atoms with Crippen LogP contribution in [-0.4, -0.2) is 20.9 Å². The lowest BCUT2D eigenvalue weighted by Crippen LogP contribution is -2.23. The third-order valence-corrected chi connectivity index (χ3v) is 2.05. The summed E-state index contributed by atoms with van der Waals surface area (Å²) in [5, 5.41) is 11.3. The van der Waals surface area contributed by atoms with Gasteiger partial charge < -0.3 is 5.11 Å². The first kappa shape index (κ1) is 10.6. The van der Waals surface area contributed by atoms with Crippen LogP contribution in [0.2, 0.25) is 0 Å². The topological polar surface area (TPSA) is 75.1 Å². The first-order valence-electron chi connectivity index (χ1n) is 4.44. The quantitative estimate of drug-likeness (QED) is 0.750. The maximum absolute atomic E-state index is 11.6. The Kier molecular flexibility index (Phi) is 2.78. The van der Waals surface area contributed by atoms with Crippen LogP contribution < -0.4 is 5.56 Å². The largest absolute Gasteiger partial charge is 0.480 e. The molecule has 0 amide bonds. The summed E-state index contributed by atoms with van der Waals surface area (Å²) in [5.41, 5.74) is 1.16. The number of hydrogen-bond acceptors (Lipinski definition) is 2. The highest BCUT2D eigenvalue weighted by atomic mass is 16.4. The van der Waals surface area contributed by atoms with Gasteiger partial charge in [-0.2, -0.15) is 0 Å². The summed E-state index contributed by atoms with van der Waals surface area (Å²) >= 11 is 0. The maximum atomic E-state index is 11.6. The van der Waals surface area contributed by atoms with Crippen LogP contribution in [0.5, 0.6) is 0 Å². The van der Waals surface area contributed by atoms with E-state index in [1.54, 1.807) is 6.92 Å². The summed E-state index contributed by atoms with van der Waals surface area (Å²) in [6, 6.07) is 0. The monoisotopic (exact) mass is 198 g/mol. The number of carboxylic acid groups (broad SMARTS) is 1. The summed E-state index contributed by atoms with van der Waals surface area (Å²) in [6.45, 7) is 5.27. The van der Waals surface area contributed by atoms with E-state index in [1.165, 1.54) is 0 Å². The van der Waals surface area contributed by atoms with Crippen LogP contribution in [0.15, 0.2) is 4.79 Å². The van der Waals surface area contributed by atoms with Gasteiger partial charge in [-0.15, -0.1) is 0 Å². The van der Waals surface area contributed by atoms with Crippen LogP contribution in [0.25, 0.3) is 0 Å². The molecule has 5 nitrogen and oxygen atoms in total. The van der Waals surface area contributed by atoms with Crippen molar-refractivity contribution >= 4 is 5.97 Å². The average molecular weight is 198 g/mol. The molecule has 0 spiro atoms. The molecule has 0 fully saturated rings. The summed E-state index contributed by atoms with van der Waals surface area (Å²) in [4.78, 5) is 22.1. The zero-order valence-electron chi connectivity index (χ0n) is 8.50. The van der Waals surface area contributed by atoms with Gasteiger partial charge in [0.2, 0.25) is 0 Å². The molecule has 1 rings (SSSR count). The number of nitrogens with one attached hydrogen (secondary N) is 1. The highest BCUT2D eigenvalue weighted by Crippen LogP contribution is 2.12. The number of H-pyrrole nitrogens is 1. The molecule has 78 valence electrons. The fraction of sp³-hybridized carbons (Fsp3) is 0.556. The normalized spacial score (nSPS) is 10.9. The van der Waals surface area contributed by atoms with Crippen LogP contribution in [-0.2, 0) is 11.3 Å². The van der Waals surface area contributed by atoms with Gasteiger partial charge in [0.05, 0.1) is 0 Å². The average Bonchev–Trinajstić information content (AvgIpc) is 2.25. The van der Waals surface area contributed by atoms with Gasteiger partial charge in [0, 0.05) is 11.3 Å². The molecule has 0 aliphatic carbocycles. The van der Waals surface area contributed by atoms with Gasteiger partial charge >= 0.3 is 5.97 Å². The van der Waals surface area contributed by atoms with Crippen LogP contribution in [0.3, 0.4) is 0 Å². The summed E-state index contributed by atoms with van der Waals surface area (Å²) in [6.07, 6.45) is 0. The van der Waals surface area contributed by atoms with Crippen molar-refractivity contribution in [2.24, 2.45) is 0 Å². The molecule has 0 atom stereocenters. The van der Waals surface area contributed by atoms with E-state index in [0.717, 1.165) is 10.4 Å². The molecule has 14 heavy (non-hydrogen) atoms. The third-order valence-electron chi connectivity index (χ3n) is 2.05. The molecular weight excluding hydrogens is 184 g/mol. The lowest BCUT2D eigenvalue weighted by Gasteiger charge is -1.98. The second kappa shape index (κ2) is 3.69. The van der Waals surface area contributed by atoms with Crippen LogP contribution >= 0.6 is 0 Å². The number of nitrogens with zero attached hydrogens (tertiary/aromatic N) is 1. The van der Waals surface area contributed by atoms with E-state index in [0.29, 0.717) is 5.56 Å². The van der Waals surface area contributed by atoms with Gasteiger partial charge in [0.25, 0.3) is 5.56 Å². The Hall–Kier alpha value is -1.52. The maximum Gasteiger partial charge on any atom is 0.325 e. The van der Waals surface area contributed by atoms with E-state index in [2.05, 4.69) is 5.10 Å². The van der Waals surface area contributed by atoms with E-state index in [-0.39, 0.29) is 18.0 Å². The Morgan fingerprint density at radius 3 is 2.50 bits per heavy atom. The minimum Gasteiger partial charge on any atom is -0.480 e. The molecule has 1 aromatic heterocycles. The fourth-order valence-corrected chi connectivity index (χ4v) is 1.55. The van der Waals surface area contributed by atoms with Crippen molar-refractivity contribution in [1.82, 2.24) is 9.78 Å². The zero-order chi connectivity index (χ0) is 10.9. The van der Waals surface area contributed by atoms with Crippen molar-refractivity contribution in [2.75, 3.05) is 0 Å². The van der Waals surface area contributed by atoms with Gasteiger partial charge in [-0.25, -0.2) is 4.68 Å². The SMILES string of the molecule is Cc1[nH]n(CC(=O)O)c(=O)c1C(C)C. The number of hydrogen-bond donors (Lipinski definition) is 2. The van der Waals surface area contributed by atoms with Gasteiger partial charge in [-0.05, 0) is 12.8 Å². The molecule has 2 N–H and O–H groups in total. The lowest BCUT2D eigenvalue weighted by molar-refractivity contribution is -0.137. The number of rotatable bonds is 3. The summed E-state index contributed by atoms with van der Waals surface area (Å²) in [7, 11) is 0. The molecule has 0 bridgehead atoms. The van der Waals surface area contributed by atoms with Crippen molar-refractivity contribution in [3.63, 3.8) is 0 Å². The van der Waals surface area contributed by atoms with E-state index >= 15 is 0 Å². The molecule has 0 saturated carbocycles. The fourth-order valence-electron chi connectivity index (χ4n) is 1.55. The molecule has 1 heterocycles. The number of aromatic nitrogens is 2. The van der Waals surface area contributed by atoms with Crippen molar-refractivity contribution in [2.45, 2.75) is 33.2 Å². The van der Waals surface area contributed by atoms with Crippen LogP contribution in [0.1, 0.15) is 31.0 Å². The number of carboxylic acids is 1. The van der Waals surface area contributed by atoms with E-state index in [9.17, 15) is 9.59 Å². The smallest absolute Gasteiger partial charge is 0.325 e. The molecule has 5 heteroatoms. The number of aliphatic carboxylic acids is 1. The first-order chi connectivity index (χ1) is 6.43. The zero-order valence-corrected chi connectivity index (χ0v) is 8.50. The Morgan fingerprint density at radius 2 is 2.14 bits per heavy atom. The molecule has 0 radical (unpaired) electrons. The predicted octanol–water partition coefficient (Wildman–Crippen LogP) is 0.693. The molecular formula is C9H14N2O3. The molecule has 0 unspecified atom stereocenters. The highest BCUT2D eigenvalue weighted by molar-refractivity contribution is 5.66. The van der Waals surface area contributed by atoms with Gasteiger partial charge in [-0.1, -0.05) is 13.8 Å². The van der Waals surface area contributed by atoms with Crippen molar-refractivity contribution < 1.29 is 9.90 Å². The highest BCUT2D eigenvalue weighted by Gasteiger charge is 2.15. The molecule has 0 aromatic carbocycles. The number of aryl methyl sites for hydroxylation is 1. The predicted molar refractivity (Wildman–Crippen MR) is 51.5 cm³/mol. The standard InChI is InChI=1S/C9H14N2O3/c1-5(2)8-6(3)10-11(9(8)14)4-7(12)13/h5,10H,4H2,1-3H3,(H,12,13). The minimum absolute atomic E-state index is 0.105. The van der Waals surface area contributed by atoms with Gasteiger partial charge in [0.15, 0.2) is 0 Å². The van der Waals surface area contributed by atoms with E-state index in [1.807, 2.05) is 13.8 Å². The van der Waals surface area contributed by atoms with Crippen molar-refractivity contribution in [3.8, 4) is 0 Å². The van der Waals surface area contributed by atoms with Gasteiger partial charge in [0.1, 0.15) is 6.54 Å². The third kappa shape index (κ3) is 1.86. The summed E-state index contributed by atoms with van der Waals surface area (Å²) < 4.78 is 1.12. The van der Waals surface area contributed by atoms with Crippen LogP contribution in [0.4, 0.5) is 0 Å². The molecule has 0 aliphatic rings. The Bertz CT molecular complexity index is 401. The summed E-state index contributed by atoms with van der Waals surface area (Å²) in [5.74, 6) is -0.919. The Morgan fingerprint density at radius 1 is 1.57 bits per heavy atom. The van der Waals surface area contributed by atoms with Crippen molar-refractivity contribution in [1.29, 1.82) is 0 Å². The molecule has 0 aliphatic heterocycles. The minimum atomic E-state index is -1.02. The van der Waals surface area contributed by atoms with Crippen molar-refractivity contribution in [3.05, 3.63) is 21.6 Å². The van der Waals surface area contributed by atoms with Crippen LogP contribution in [0, 0.1) is 6.92 Å². The second-order valence-electron chi connectivity index (χ2n) is 3.59. The first-order valence-corrected chi connectivity index (χ1v) is 4.44. The molecule has 0 saturated heterocycles. The molecule has 1 aromatic rings. The van der Waals surface area contributed by atoms with E-state index < -0.39 is 5.97 Å².